The van der Waals surface area contributed by atoms with Crippen molar-refractivity contribution in [2.75, 3.05) is 13.6 Å². The fraction of sp³-hybridized carbons (Fsp3) is 0.467. The molecule has 0 spiro atoms. The van der Waals surface area contributed by atoms with E-state index in [1.165, 1.54) is 11.1 Å². The van der Waals surface area contributed by atoms with Crippen molar-refractivity contribution in [3.05, 3.63) is 48.0 Å². The van der Waals surface area contributed by atoms with Crippen molar-refractivity contribution in [2.24, 2.45) is 0 Å². The van der Waals surface area contributed by atoms with E-state index in [0.717, 1.165) is 13.0 Å². The van der Waals surface area contributed by atoms with E-state index in [0.29, 0.717) is 0 Å². The first-order chi connectivity index (χ1) is 7.44. The Kier molecular flexibility index (Phi) is 4.31. The maximum atomic E-state index is 4.06. The Morgan fingerprint density at radius 2 is 1.81 bits per heavy atom. The van der Waals surface area contributed by atoms with Gasteiger partial charge in [-0.25, -0.2) is 0 Å². The van der Waals surface area contributed by atoms with Gasteiger partial charge in [0.1, 0.15) is 0 Å². The zero-order valence-electron chi connectivity index (χ0n) is 11.0. The van der Waals surface area contributed by atoms with Crippen LogP contribution in [0.3, 0.4) is 0 Å². The van der Waals surface area contributed by atoms with Crippen LogP contribution in [-0.4, -0.2) is 24.0 Å². The van der Waals surface area contributed by atoms with Gasteiger partial charge < -0.3 is 0 Å². The van der Waals surface area contributed by atoms with Crippen molar-refractivity contribution in [2.45, 2.75) is 32.7 Å². The zero-order valence-corrected chi connectivity index (χ0v) is 11.0. The molecular weight excluding hydrogens is 194 g/mol. The first kappa shape index (κ1) is 13.0. The summed E-state index contributed by atoms with van der Waals surface area (Å²) in [5, 5.41) is 0. The Bertz CT molecular complexity index is 338. The number of likely N-dealkylation sites (N-methyl/N-ethyl adjacent to an activating group) is 1. The highest BCUT2D eigenvalue weighted by atomic mass is 15.2. The van der Waals surface area contributed by atoms with Gasteiger partial charge in [-0.05, 0) is 39.8 Å². The third-order valence-corrected chi connectivity index (χ3v) is 3.58. The number of benzene rings is 1. The van der Waals surface area contributed by atoms with Gasteiger partial charge in [-0.3, -0.25) is 4.90 Å². The Hall–Kier alpha value is -1.08. The third kappa shape index (κ3) is 3.21. The Morgan fingerprint density at radius 3 is 2.31 bits per heavy atom. The molecule has 0 N–H and O–H groups in total. The monoisotopic (exact) mass is 217 g/mol. The van der Waals surface area contributed by atoms with Gasteiger partial charge in [0.15, 0.2) is 0 Å². The van der Waals surface area contributed by atoms with E-state index >= 15 is 0 Å². The van der Waals surface area contributed by atoms with Crippen LogP contribution in [0.5, 0.6) is 0 Å². The second-order valence-electron chi connectivity index (χ2n) is 5.00. The summed E-state index contributed by atoms with van der Waals surface area (Å²) in [5.74, 6) is 0. The lowest BCUT2D eigenvalue weighted by Crippen LogP contribution is -2.42. The minimum absolute atomic E-state index is 0.0782. The van der Waals surface area contributed by atoms with E-state index in [4.69, 9.17) is 0 Å². The molecule has 16 heavy (non-hydrogen) atoms. The summed E-state index contributed by atoms with van der Waals surface area (Å²) in [7, 11) is 2.16. The van der Waals surface area contributed by atoms with Gasteiger partial charge in [0.2, 0.25) is 0 Å². The molecule has 0 aliphatic carbocycles. The molecule has 0 heterocycles. The smallest absolute Gasteiger partial charge is 0.0355 e. The van der Waals surface area contributed by atoms with E-state index < -0.39 is 0 Å². The van der Waals surface area contributed by atoms with Crippen LogP contribution in [0.1, 0.15) is 26.3 Å². The number of hydrogen-bond acceptors (Lipinski definition) is 1. The van der Waals surface area contributed by atoms with Gasteiger partial charge in [-0.15, -0.1) is 0 Å². The quantitative estimate of drug-likeness (QED) is 0.682. The molecule has 0 amide bonds. The van der Waals surface area contributed by atoms with Crippen molar-refractivity contribution < 1.29 is 0 Å². The predicted octanol–water partition coefficient (Wildman–Crippen LogP) is 3.52. The molecule has 0 aliphatic rings. The topological polar surface area (TPSA) is 3.24 Å². The highest BCUT2D eigenvalue weighted by Gasteiger charge is 2.23. The predicted molar refractivity (Wildman–Crippen MR) is 71.7 cm³/mol. The third-order valence-electron chi connectivity index (χ3n) is 3.58. The largest absolute Gasteiger partial charge is 0.297 e. The standard InChI is InChI=1S/C15H23N/c1-13(2)15(3,4)16(5)12-11-14-9-7-6-8-10-14/h6-10H,1,11-12H2,2-5H3. The van der Waals surface area contributed by atoms with Crippen molar-refractivity contribution >= 4 is 0 Å². The average molecular weight is 217 g/mol. The van der Waals surface area contributed by atoms with Gasteiger partial charge >= 0.3 is 0 Å². The number of hydrogen-bond donors (Lipinski definition) is 0. The molecule has 0 saturated heterocycles. The molecule has 0 bridgehead atoms. The number of nitrogens with zero attached hydrogens (tertiary/aromatic N) is 1. The van der Waals surface area contributed by atoms with E-state index in [2.05, 4.69) is 69.6 Å². The van der Waals surface area contributed by atoms with Crippen LogP contribution in [0.25, 0.3) is 0 Å². The minimum atomic E-state index is 0.0782. The van der Waals surface area contributed by atoms with Crippen LogP contribution in [0.15, 0.2) is 42.5 Å². The van der Waals surface area contributed by atoms with E-state index in [1.807, 2.05) is 0 Å². The molecule has 1 aromatic carbocycles. The minimum Gasteiger partial charge on any atom is -0.297 e. The lowest BCUT2D eigenvalue weighted by atomic mass is 9.94. The van der Waals surface area contributed by atoms with Gasteiger partial charge in [0.25, 0.3) is 0 Å². The van der Waals surface area contributed by atoms with Crippen molar-refractivity contribution in [1.29, 1.82) is 0 Å². The summed E-state index contributed by atoms with van der Waals surface area (Å²) in [5.41, 5.74) is 2.68. The zero-order chi connectivity index (χ0) is 12.2. The Morgan fingerprint density at radius 1 is 1.25 bits per heavy atom. The molecular formula is C15H23N. The molecule has 0 saturated carbocycles. The second kappa shape index (κ2) is 5.31. The molecule has 1 rings (SSSR count). The number of rotatable bonds is 5. The van der Waals surface area contributed by atoms with Gasteiger partial charge in [0.05, 0.1) is 0 Å². The lowest BCUT2D eigenvalue weighted by Gasteiger charge is -2.36. The van der Waals surface area contributed by atoms with Gasteiger partial charge in [-0.2, -0.15) is 0 Å². The van der Waals surface area contributed by atoms with E-state index in [9.17, 15) is 0 Å². The summed E-state index contributed by atoms with van der Waals surface area (Å²) in [6.45, 7) is 11.7. The molecule has 0 fully saturated rings. The normalized spacial score (nSPS) is 11.8. The molecule has 0 aliphatic heterocycles. The van der Waals surface area contributed by atoms with Gasteiger partial charge in [-0.1, -0.05) is 42.5 Å². The van der Waals surface area contributed by atoms with Crippen LogP contribution in [0.2, 0.25) is 0 Å². The maximum Gasteiger partial charge on any atom is 0.0355 e. The summed E-state index contributed by atoms with van der Waals surface area (Å²) < 4.78 is 0. The highest BCUT2D eigenvalue weighted by molar-refractivity contribution is 5.16. The molecule has 0 radical (unpaired) electrons. The first-order valence-corrected chi connectivity index (χ1v) is 5.85. The lowest BCUT2D eigenvalue weighted by molar-refractivity contribution is 0.195. The average Bonchev–Trinajstić information content (AvgIpc) is 2.27. The summed E-state index contributed by atoms with van der Waals surface area (Å²) in [6.07, 6.45) is 1.09. The fourth-order valence-electron chi connectivity index (χ4n) is 1.55. The summed E-state index contributed by atoms with van der Waals surface area (Å²) in [6, 6.07) is 10.6. The van der Waals surface area contributed by atoms with Crippen LogP contribution in [0.4, 0.5) is 0 Å². The second-order valence-corrected chi connectivity index (χ2v) is 5.00. The van der Waals surface area contributed by atoms with E-state index in [1.54, 1.807) is 0 Å². The molecule has 88 valence electrons. The van der Waals surface area contributed by atoms with Crippen molar-refractivity contribution in [3.63, 3.8) is 0 Å². The molecule has 0 atom stereocenters. The first-order valence-electron chi connectivity index (χ1n) is 5.85. The highest BCUT2D eigenvalue weighted by Crippen LogP contribution is 2.20. The van der Waals surface area contributed by atoms with Crippen LogP contribution in [-0.2, 0) is 6.42 Å². The summed E-state index contributed by atoms with van der Waals surface area (Å²) >= 11 is 0. The molecule has 1 nitrogen and oxygen atoms in total. The van der Waals surface area contributed by atoms with Crippen LogP contribution in [0, 0.1) is 0 Å². The molecule has 0 unspecified atom stereocenters. The van der Waals surface area contributed by atoms with Crippen molar-refractivity contribution in [3.8, 4) is 0 Å². The Labute approximate surface area is 99.8 Å². The molecule has 1 aromatic rings. The van der Waals surface area contributed by atoms with E-state index in [-0.39, 0.29) is 5.54 Å². The maximum absolute atomic E-state index is 4.06. The summed E-state index contributed by atoms with van der Waals surface area (Å²) in [4.78, 5) is 2.36. The van der Waals surface area contributed by atoms with Crippen LogP contribution >= 0.6 is 0 Å². The Balaban J connectivity index is 2.53. The molecule has 1 heteroatoms. The van der Waals surface area contributed by atoms with Crippen molar-refractivity contribution in [1.82, 2.24) is 4.90 Å². The van der Waals surface area contributed by atoms with Crippen LogP contribution < -0.4 is 0 Å². The van der Waals surface area contributed by atoms with Gasteiger partial charge in [0, 0.05) is 12.1 Å². The SMILES string of the molecule is C=C(C)C(C)(C)N(C)CCc1ccccc1. The molecule has 0 aromatic heterocycles. The fourth-order valence-corrected chi connectivity index (χ4v) is 1.55.